The van der Waals surface area contributed by atoms with Gasteiger partial charge in [0.2, 0.25) is 0 Å². The quantitative estimate of drug-likeness (QED) is 0.743. The van der Waals surface area contributed by atoms with Gasteiger partial charge in [-0.2, -0.15) is 8.42 Å². The molecule has 0 aliphatic heterocycles. The summed E-state index contributed by atoms with van der Waals surface area (Å²) in [6.07, 6.45) is 1.41. The molecular weight excluding hydrogens is 248 g/mol. The smallest absolute Gasteiger partial charge is 0.263 e. The average molecular weight is 270 g/mol. The summed E-state index contributed by atoms with van der Waals surface area (Å²) >= 11 is 0. The number of rotatable bonds is 6. The van der Waals surface area contributed by atoms with Gasteiger partial charge in [0, 0.05) is 0 Å². The van der Waals surface area contributed by atoms with Crippen LogP contribution in [0.2, 0.25) is 0 Å². The molecule has 1 rings (SSSR count). The van der Waals surface area contributed by atoms with Crippen LogP contribution in [-0.2, 0) is 14.3 Å². The van der Waals surface area contributed by atoms with Crippen molar-refractivity contribution in [1.82, 2.24) is 0 Å². The largest absolute Gasteiger partial charge is 0.297 e. The first kappa shape index (κ1) is 15.2. The fourth-order valence-corrected chi connectivity index (χ4v) is 2.92. The molecule has 0 fully saturated rings. The molecule has 1 aromatic rings. The Labute approximate surface area is 110 Å². The van der Waals surface area contributed by atoms with E-state index >= 15 is 0 Å². The zero-order chi connectivity index (χ0) is 13.8. The maximum atomic E-state index is 12.1. The number of aryl methyl sites for hydroxylation is 1. The maximum Gasteiger partial charge on any atom is 0.297 e. The van der Waals surface area contributed by atoms with Crippen molar-refractivity contribution in [2.75, 3.05) is 0 Å². The molecule has 102 valence electrons. The molecule has 0 aromatic heterocycles. The zero-order valence-electron chi connectivity index (χ0n) is 11.5. The molecule has 0 spiro atoms. The summed E-state index contributed by atoms with van der Waals surface area (Å²) in [5.74, 6) is 0.185. The second-order valence-corrected chi connectivity index (χ2v) is 6.51. The van der Waals surface area contributed by atoms with Gasteiger partial charge in [-0.1, -0.05) is 44.9 Å². The second-order valence-electron chi connectivity index (χ2n) is 4.93. The van der Waals surface area contributed by atoms with Crippen LogP contribution in [0.5, 0.6) is 0 Å². The summed E-state index contributed by atoms with van der Waals surface area (Å²) in [6.45, 7) is 7.90. The highest BCUT2D eigenvalue weighted by atomic mass is 32.2. The minimum absolute atomic E-state index is 0.185. The lowest BCUT2D eigenvalue weighted by Crippen LogP contribution is -2.23. The van der Waals surface area contributed by atoms with Gasteiger partial charge >= 0.3 is 0 Å². The fraction of sp³-hybridized carbons (Fsp3) is 0.571. The van der Waals surface area contributed by atoms with E-state index in [1.165, 1.54) is 0 Å². The summed E-state index contributed by atoms with van der Waals surface area (Å²) in [7, 11) is -3.64. The predicted octanol–water partition coefficient (Wildman–Crippen LogP) is 3.53. The lowest BCUT2D eigenvalue weighted by atomic mass is 10.0. The molecule has 0 saturated heterocycles. The normalized spacial score (nSPS) is 13.8. The van der Waals surface area contributed by atoms with Crippen LogP contribution in [-0.4, -0.2) is 14.5 Å². The van der Waals surface area contributed by atoms with Gasteiger partial charge in [0.15, 0.2) is 0 Å². The van der Waals surface area contributed by atoms with E-state index in [2.05, 4.69) is 0 Å². The van der Waals surface area contributed by atoms with Crippen molar-refractivity contribution in [3.63, 3.8) is 0 Å². The Kier molecular flexibility index (Phi) is 5.35. The molecule has 0 bridgehead atoms. The summed E-state index contributed by atoms with van der Waals surface area (Å²) in [6, 6.07) is 6.74. The van der Waals surface area contributed by atoms with Crippen LogP contribution in [0.4, 0.5) is 0 Å². The van der Waals surface area contributed by atoms with Gasteiger partial charge in [-0.25, -0.2) is 0 Å². The minimum atomic E-state index is -3.64. The van der Waals surface area contributed by atoms with Crippen LogP contribution < -0.4 is 0 Å². The molecule has 3 nitrogen and oxygen atoms in total. The van der Waals surface area contributed by atoms with Gasteiger partial charge in [0.1, 0.15) is 0 Å². The Balaban J connectivity index is 2.89. The highest BCUT2D eigenvalue weighted by Gasteiger charge is 2.23. The number of benzene rings is 1. The van der Waals surface area contributed by atoms with Gasteiger partial charge in [-0.15, -0.1) is 0 Å². The lowest BCUT2D eigenvalue weighted by Gasteiger charge is -2.20. The van der Waals surface area contributed by atoms with Crippen LogP contribution in [0.15, 0.2) is 29.2 Å². The molecular formula is C14H22O3S. The summed E-state index contributed by atoms with van der Waals surface area (Å²) in [5.41, 5.74) is 1.03. The van der Waals surface area contributed by atoms with Crippen LogP contribution in [0, 0.1) is 12.8 Å². The molecule has 0 heterocycles. The molecule has 0 N–H and O–H groups in total. The molecule has 0 radical (unpaired) electrons. The van der Waals surface area contributed by atoms with E-state index in [1.54, 1.807) is 24.3 Å². The fourth-order valence-electron chi connectivity index (χ4n) is 1.70. The molecule has 4 heteroatoms. The number of hydrogen-bond acceptors (Lipinski definition) is 3. The summed E-state index contributed by atoms with van der Waals surface area (Å²) in [5, 5.41) is 0. The third kappa shape index (κ3) is 4.10. The van der Waals surface area contributed by atoms with E-state index in [-0.39, 0.29) is 16.9 Å². The van der Waals surface area contributed by atoms with Gasteiger partial charge in [-0.3, -0.25) is 4.18 Å². The maximum absolute atomic E-state index is 12.1. The van der Waals surface area contributed by atoms with Crippen LogP contribution in [0.1, 0.15) is 39.2 Å². The Bertz CT molecular complexity index is 460. The monoisotopic (exact) mass is 270 g/mol. The van der Waals surface area contributed by atoms with Crippen LogP contribution in [0.3, 0.4) is 0 Å². The first-order valence-corrected chi connectivity index (χ1v) is 7.77. The van der Waals surface area contributed by atoms with E-state index in [4.69, 9.17) is 4.18 Å². The van der Waals surface area contributed by atoms with E-state index in [0.717, 1.165) is 18.4 Å². The van der Waals surface area contributed by atoms with E-state index < -0.39 is 10.1 Å². The second kappa shape index (κ2) is 6.34. The first-order chi connectivity index (χ1) is 8.36. The van der Waals surface area contributed by atoms with Crippen LogP contribution in [0.25, 0.3) is 0 Å². The molecule has 18 heavy (non-hydrogen) atoms. The summed E-state index contributed by atoms with van der Waals surface area (Å²) < 4.78 is 29.6. The van der Waals surface area contributed by atoms with Gasteiger partial charge < -0.3 is 0 Å². The Morgan fingerprint density at radius 2 is 1.72 bits per heavy atom. The molecule has 1 aromatic carbocycles. The van der Waals surface area contributed by atoms with Gasteiger partial charge in [0.25, 0.3) is 10.1 Å². The Morgan fingerprint density at radius 3 is 2.17 bits per heavy atom. The van der Waals surface area contributed by atoms with Crippen molar-refractivity contribution in [1.29, 1.82) is 0 Å². The topological polar surface area (TPSA) is 43.4 Å². The Hall–Kier alpha value is -0.870. The van der Waals surface area contributed by atoms with Crippen molar-refractivity contribution < 1.29 is 12.6 Å². The molecule has 1 atom stereocenters. The summed E-state index contributed by atoms with van der Waals surface area (Å²) in [4.78, 5) is 0.231. The molecule has 0 aliphatic carbocycles. The van der Waals surface area contributed by atoms with Crippen molar-refractivity contribution in [3.8, 4) is 0 Å². The lowest BCUT2D eigenvalue weighted by molar-refractivity contribution is 0.148. The minimum Gasteiger partial charge on any atom is -0.263 e. The average Bonchev–Trinajstić information content (AvgIpc) is 2.28. The Morgan fingerprint density at radius 1 is 1.17 bits per heavy atom. The van der Waals surface area contributed by atoms with Crippen molar-refractivity contribution in [2.24, 2.45) is 5.92 Å². The van der Waals surface area contributed by atoms with E-state index in [0.29, 0.717) is 0 Å². The first-order valence-electron chi connectivity index (χ1n) is 6.36. The van der Waals surface area contributed by atoms with Gasteiger partial charge in [-0.05, 0) is 31.4 Å². The van der Waals surface area contributed by atoms with Crippen LogP contribution >= 0.6 is 0 Å². The zero-order valence-corrected chi connectivity index (χ0v) is 12.3. The third-order valence-electron chi connectivity index (χ3n) is 2.88. The van der Waals surface area contributed by atoms with Gasteiger partial charge in [0.05, 0.1) is 11.0 Å². The number of hydrogen-bond donors (Lipinski definition) is 0. The molecule has 0 aliphatic rings. The highest BCUT2D eigenvalue weighted by molar-refractivity contribution is 7.86. The molecule has 0 saturated carbocycles. The molecule has 1 unspecified atom stereocenters. The standard InChI is InChI=1S/C14H22O3S/c1-5-6-14(11(2)3)17-18(15,16)13-9-7-12(4)8-10-13/h7-11,14H,5-6H2,1-4H3. The molecule has 0 amide bonds. The predicted molar refractivity (Wildman–Crippen MR) is 73.0 cm³/mol. The van der Waals surface area contributed by atoms with Crippen molar-refractivity contribution >= 4 is 10.1 Å². The van der Waals surface area contributed by atoms with E-state index in [9.17, 15) is 8.42 Å². The van der Waals surface area contributed by atoms with Crippen molar-refractivity contribution in [2.45, 2.75) is 51.5 Å². The van der Waals surface area contributed by atoms with Crippen molar-refractivity contribution in [3.05, 3.63) is 29.8 Å². The third-order valence-corrected chi connectivity index (χ3v) is 4.23. The highest BCUT2D eigenvalue weighted by Crippen LogP contribution is 2.21. The van der Waals surface area contributed by atoms with E-state index in [1.807, 2.05) is 27.7 Å². The SMILES string of the molecule is CCCC(OS(=O)(=O)c1ccc(C)cc1)C(C)C.